The minimum absolute atomic E-state index is 0.0359. The first kappa shape index (κ1) is 15.1. The van der Waals surface area contributed by atoms with Gasteiger partial charge in [0, 0.05) is 16.6 Å². The number of hydrogen-bond donors (Lipinski definition) is 1. The number of rotatable bonds is 2. The molecule has 0 bridgehead atoms. The topological polar surface area (TPSA) is 58.4 Å². The van der Waals surface area contributed by atoms with Crippen molar-refractivity contribution >= 4 is 27.6 Å². The van der Waals surface area contributed by atoms with Gasteiger partial charge in [0.2, 0.25) is 0 Å². The van der Waals surface area contributed by atoms with Crippen LogP contribution in [0, 0.1) is 13.8 Å². The molecule has 1 aromatic heterocycles. The molecular weight excluding hydrogens is 346 g/mol. The Kier molecular flexibility index (Phi) is 4.20. The first-order chi connectivity index (χ1) is 10.6. The van der Waals surface area contributed by atoms with E-state index in [-0.39, 0.29) is 12.1 Å². The van der Waals surface area contributed by atoms with Gasteiger partial charge >= 0.3 is 6.03 Å². The lowest BCUT2D eigenvalue weighted by Crippen LogP contribution is -2.34. The second-order valence-corrected chi connectivity index (χ2v) is 6.35. The van der Waals surface area contributed by atoms with Crippen molar-refractivity contribution < 1.29 is 9.32 Å². The molecule has 0 saturated carbocycles. The predicted molar refractivity (Wildman–Crippen MR) is 87.8 cm³/mol. The average Bonchev–Trinajstić information content (AvgIpc) is 3.08. The molecule has 2 heterocycles. The van der Waals surface area contributed by atoms with E-state index in [4.69, 9.17) is 4.52 Å². The molecule has 1 N–H and O–H groups in total. The number of anilines is 1. The first-order valence-corrected chi connectivity index (χ1v) is 8.12. The SMILES string of the molecule is Cc1noc(C)c1[C@@H]1CCCN1C(=O)Nc1ccccc1Br. The average molecular weight is 364 g/mol. The van der Waals surface area contributed by atoms with Gasteiger partial charge < -0.3 is 14.7 Å². The van der Waals surface area contributed by atoms with Crippen LogP contribution in [0.3, 0.4) is 0 Å². The van der Waals surface area contributed by atoms with Crippen LogP contribution < -0.4 is 5.32 Å². The number of amides is 2. The van der Waals surface area contributed by atoms with Crippen molar-refractivity contribution in [1.82, 2.24) is 10.1 Å². The summed E-state index contributed by atoms with van der Waals surface area (Å²) in [5, 5.41) is 6.98. The molecule has 1 fully saturated rings. The summed E-state index contributed by atoms with van der Waals surface area (Å²) in [6.45, 7) is 4.57. The van der Waals surface area contributed by atoms with Crippen molar-refractivity contribution in [2.24, 2.45) is 0 Å². The van der Waals surface area contributed by atoms with E-state index in [1.165, 1.54) is 0 Å². The van der Waals surface area contributed by atoms with Gasteiger partial charge in [0.1, 0.15) is 5.76 Å². The fourth-order valence-electron chi connectivity index (χ4n) is 3.03. The van der Waals surface area contributed by atoms with E-state index < -0.39 is 0 Å². The van der Waals surface area contributed by atoms with Gasteiger partial charge in [-0.25, -0.2) is 4.79 Å². The quantitative estimate of drug-likeness (QED) is 0.858. The lowest BCUT2D eigenvalue weighted by Gasteiger charge is -2.25. The molecule has 1 aliphatic heterocycles. The second kappa shape index (κ2) is 6.12. The number of aromatic nitrogens is 1. The summed E-state index contributed by atoms with van der Waals surface area (Å²) >= 11 is 3.45. The molecule has 1 saturated heterocycles. The zero-order chi connectivity index (χ0) is 15.7. The third kappa shape index (κ3) is 2.75. The van der Waals surface area contributed by atoms with E-state index in [0.717, 1.165) is 46.6 Å². The van der Waals surface area contributed by atoms with Crippen molar-refractivity contribution in [3.63, 3.8) is 0 Å². The predicted octanol–water partition coefficient (Wildman–Crippen LogP) is 4.42. The molecule has 116 valence electrons. The minimum Gasteiger partial charge on any atom is -0.361 e. The monoisotopic (exact) mass is 363 g/mol. The van der Waals surface area contributed by atoms with Crippen LogP contribution in [0.1, 0.15) is 35.9 Å². The van der Waals surface area contributed by atoms with Crippen LogP contribution in [0.2, 0.25) is 0 Å². The number of nitrogens with one attached hydrogen (secondary N) is 1. The summed E-state index contributed by atoms with van der Waals surface area (Å²) in [5.74, 6) is 0.795. The molecule has 0 unspecified atom stereocenters. The standard InChI is InChI=1S/C16H18BrN3O2/c1-10-15(11(2)22-19-10)14-8-5-9-20(14)16(21)18-13-7-4-3-6-12(13)17/h3-4,6-7,14H,5,8-9H2,1-2H3,(H,18,21)/t14-/m0/s1. The number of para-hydroxylation sites is 1. The normalized spacial score (nSPS) is 17.8. The molecule has 1 aliphatic rings. The second-order valence-electron chi connectivity index (χ2n) is 5.50. The maximum absolute atomic E-state index is 12.6. The molecule has 22 heavy (non-hydrogen) atoms. The number of carbonyl (C=O) groups excluding carboxylic acids is 1. The van der Waals surface area contributed by atoms with E-state index in [1.54, 1.807) is 0 Å². The van der Waals surface area contributed by atoms with Gasteiger partial charge in [-0.3, -0.25) is 0 Å². The number of carbonyl (C=O) groups is 1. The van der Waals surface area contributed by atoms with Crippen LogP contribution in [-0.2, 0) is 0 Å². The van der Waals surface area contributed by atoms with E-state index in [0.29, 0.717) is 0 Å². The molecule has 6 heteroatoms. The Morgan fingerprint density at radius 2 is 2.18 bits per heavy atom. The molecule has 2 amide bonds. The van der Waals surface area contributed by atoms with Gasteiger partial charge in [0.15, 0.2) is 0 Å². The number of hydrogen-bond acceptors (Lipinski definition) is 3. The molecule has 0 spiro atoms. The van der Waals surface area contributed by atoms with Crippen LogP contribution in [0.5, 0.6) is 0 Å². The summed E-state index contributed by atoms with van der Waals surface area (Å²) in [7, 11) is 0. The maximum Gasteiger partial charge on any atom is 0.322 e. The fourth-order valence-corrected chi connectivity index (χ4v) is 3.41. The number of benzene rings is 1. The highest BCUT2D eigenvalue weighted by molar-refractivity contribution is 9.10. The number of aryl methyl sites for hydroxylation is 2. The van der Waals surface area contributed by atoms with Crippen LogP contribution >= 0.6 is 15.9 Å². The van der Waals surface area contributed by atoms with Crippen molar-refractivity contribution in [3.8, 4) is 0 Å². The number of urea groups is 1. The largest absolute Gasteiger partial charge is 0.361 e. The number of nitrogens with zero attached hydrogens (tertiary/aromatic N) is 2. The molecule has 2 aromatic rings. The molecule has 5 nitrogen and oxygen atoms in total. The third-order valence-electron chi connectivity index (χ3n) is 4.05. The van der Waals surface area contributed by atoms with Gasteiger partial charge in [-0.05, 0) is 54.8 Å². The van der Waals surface area contributed by atoms with Crippen molar-refractivity contribution in [3.05, 3.63) is 45.8 Å². The van der Waals surface area contributed by atoms with Crippen LogP contribution in [0.15, 0.2) is 33.3 Å². The zero-order valence-electron chi connectivity index (χ0n) is 12.6. The highest BCUT2D eigenvalue weighted by atomic mass is 79.9. The van der Waals surface area contributed by atoms with Gasteiger partial charge in [-0.2, -0.15) is 0 Å². The Morgan fingerprint density at radius 1 is 1.41 bits per heavy atom. The van der Waals surface area contributed by atoms with Crippen molar-refractivity contribution in [1.29, 1.82) is 0 Å². The summed E-state index contributed by atoms with van der Waals surface area (Å²) in [6, 6.07) is 7.55. The summed E-state index contributed by atoms with van der Waals surface area (Å²) in [5.41, 5.74) is 2.68. The van der Waals surface area contributed by atoms with E-state index in [1.807, 2.05) is 43.0 Å². The number of halogens is 1. The van der Waals surface area contributed by atoms with E-state index in [9.17, 15) is 4.79 Å². The molecule has 1 atom stereocenters. The summed E-state index contributed by atoms with van der Waals surface area (Å²) < 4.78 is 6.13. The highest BCUT2D eigenvalue weighted by Crippen LogP contribution is 2.36. The van der Waals surface area contributed by atoms with Crippen LogP contribution in [-0.4, -0.2) is 22.6 Å². The Balaban J connectivity index is 1.81. The smallest absolute Gasteiger partial charge is 0.322 e. The van der Waals surface area contributed by atoms with E-state index in [2.05, 4.69) is 26.4 Å². The fraction of sp³-hybridized carbons (Fsp3) is 0.375. The Labute approximate surface area is 137 Å². The number of likely N-dealkylation sites (tertiary alicyclic amines) is 1. The van der Waals surface area contributed by atoms with Crippen molar-refractivity contribution in [2.45, 2.75) is 32.7 Å². The lowest BCUT2D eigenvalue weighted by atomic mass is 10.0. The van der Waals surface area contributed by atoms with Crippen LogP contribution in [0.25, 0.3) is 0 Å². The molecule has 0 aliphatic carbocycles. The Morgan fingerprint density at radius 3 is 2.86 bits per heavy atom. The lowest BCUT2D eigenvalue weighted by molar-refractivity contribution is 0.206. The van der Waals surface area contributed by atoms with Gasteiger partial charge in [0.25, 0.3) is 0 Å². The van der Waals surface area contributed by atoms with Crippen LogP contribution in [0.4, 0.5) is 10.5 Å². The van der Waals surface area contributed by atoms with Gasteiger partial charge in [-0.15, -0.1) is 0 Å². The molecular formula is C16H18BrN3O2. The van der Waals surface area contributed by atoms with Crippen molar-refractivity contribution in [2.75, 3.05) is 11.9 Å². The molecule has 3 rings (SSSR count). The van der Waals surface area contributed by atoms with Gasteiger partial charge in [0.05, 0.1) is 17.4 Å². The van der Waals surface area contributed by atoms with Gasteiger partial charge in [-0.1, -0.05) is 17.3 Å². The highest BCUT2D eigenvalue weighted by Gasteiger charge is 2.33. The third-order valence-corrected chi connectivity index (χ3v) is 4.74. The Bertz CT molecular complexity index is 679. The Hall–Kier alpha value is -1.82. The minimum atomic E-state index is -0.0885. The zero-order valence-corrected chi connectivity index (χ0v) is 14.2. The molecule has 1 aromatic carbocycles. The molecule has 0 radical (unpaired) electrons. The summed E-state index contributed by atoms with van der Waals surface area (Å²) in [6.07, 6.45) is 1.92. The summed E-state index contributed by atoms with van der Waals surface area (Å²) in [4.78, 5) is 14.5. The van der Waals surface area contributed by atoms with E-state index >= 15 is 0 Å². The maximum atomic E-state index is 12.6. The first-order valence-electron chi connectivity index (χ1n) is 7.33.